The number of rotatable bonds is 2. The van der Waals surface area contributed by atoms with Gasteiger partial charge in [-0.3, -0.25) is 0 Å². The zero-order chi connectivity index (χ0) is 10.8. The van der Waals surface area contributed by atoms with Crippen LogP contribution in [0.15, 0.2) is 0 Å². The Labute approximate surface area is 90.2 Å². The maximum Gasteiger partial charge on any atom is 0.122 e. The van der Waals surface area contributed by atoms with E-state index in [0.717, 1.165) is 0 Å². The molecule has 0 aliphatic carbocycles. The second-order valence-corrected chi connectivity index (χ2v) is 10.9. The van der Waals surface area contributed by atoms with E-state index in [1.165, 1.54) is 32.2 Å². The summed E-state index contributed by atoms with van der Waals surface area (Å²) in [7, 11) is -1.14. The molecule has 0 radical (unpaired) electrons. The van der Waals surface area contributed by atoms with Gasteiger partial charge < -0.3 is 9.88 Å². The summed E-state index contributed by atoms with van der Waals surface area (Å²) in [6, 6.07) is 1.40. The molecule has 84 valence electrons. The maximum atomic E-state index is 3.43. The first kappa shape index (κ1) is 12.2. The smallest absolute Gasteiger partial charge is 0.122 e. The van der Waals surface area contributed by atoms with Crippen LogP contribution in [0.2, 0.25) is 19.1 Å². The van der Waals surface area contributed by atoms with Crippen LogP contribution in [0.3, 0.4) is 0 Å². The van der Waals surface area contributed by atoms with E-state index in [-0.39, 0.29) is 0 Å². The monoisotopic (exact) mass is 214 g/mol. The van der Waals surface area contributed by atoms with Gasteiger partial charge in [0.1, 0.15) is 8.24 Å². The largest absolute Gasteiger partial charge is 0.321 e. The van der Waals surface area contributed by atoms with E-state index < -0.39 is 8.24 Å². The van der Waals surface area contributed by atoms with Gasteiger partial charge in [0.25, 0.3) is 0 Å². The van der Waals surface area contributed by atoms with Gasteiger partial charge in [0.2, 0.25) is 0 Å². The molecule has 1 aliphatic rings. The highest BCUT2D eigenvalue weighted by Crippen LogP contribution is 2.29. The first-order valence-electron chi connectivity index (χ1n) is 5.77. The second-order valence-electron chi connectivity index (χ2n) is 6.29. The zero-order valence-electron chi connectivity index (χ0n) is 10.5. The van der Waals surface area contributed by atoms with Gasteiger partial charge in [0.05, 0.1) is 0 Å². The lowest BCUT2D eigenvalue weighted by atomic mass is 10.0. The Morgan fingerprint density at radius 2 is 1.64 bits per heavy atom. The van der Waals surface area contributed by atoms with Crippen molar-refractivity contribution in [3.63, 3.8) is 0 Å². The third kappa shape index (κ3) is 3.71. The Morgan fingerprint density at radius 1 is 1.14 bits per heavy atom. The Bertz CT molecular complexity index is 178. The van der Waals surface area contributed by atoms with Crippen molar-refractivity contribution in [2.24, 2.45) is 5.41 Å². The predicted molar refractivity (Wildman–Crippen MR) is 66.2 cm³/mol. The average molecular weight is 214 g/mol. The molecular weight excluding hydrogens is 188 g/mol. The normalized spacial score (nSPS) is 21.2. The molecule has 14 heavy (non-hydrogen) atoms. The van der Waals surface area contributed by atoms with Gasteiger partial charge in [-0.05, 0) is 11.5 Å². The molecule has 0 saturated carbocycles. The molecule has 0 bridgehead atoms. The molecule has 1 saturated heterocycles. The fourth-order valence-electron chi connectivity index (χ4n) is 2.68. The lowest BCUT2D eigenvalue weighted by molar-refractivity contribution is 0.343. The Hall–Kier alpha value is 0.137. The SMILES string of the molecule is CC(C)(C)C[Si](C)(C)N1CCNCC1. The minimum atomic E-state index is -1.14. The Balaban J connectivity index is 2.54. The molecule has 1 rings (SSSR count). The standard InChI is InChI=1S/C11H26N2Si/c1-11(2,3)10-14(4,5)13-8-6-12-7-9-13/h12H,6-10H2,1-5H3. The van der Waals surface area contributed by atoms with E-state index >= 15 is 0 Å². The third-order valence-electron chi connectivity index (χ3n) is 2.94. The van der Waals surface area contributed by atoms with Crippen LogP contribution in [-0.4, -0.2) is 39.0 Å². The molecule has 0 amide bonds. The minimum absolute atomic E-state index is 0.487. The number of hydrogen-bond acceptors (Lipinski definition) is 2. The molecule has 0 aromatic heterocycles. The Morgan fingerprint density at radius 3 is 2.07 bits per heavy atom. The van der Waals surface area contributed by atoms with E-state index in [1.54, 1.807) is 0 Å². The highest BCUT2D eigenvalue weighted by atomic mass is 28.3. The predicted octanol–water partition coefficient (Wildman–Crippen LogP) is 2.14. The summed E-state index contributed by atoms with van der Waals surface area (Å²) in [5.74, 6) is 0. The molecule has 1 heterocycles. The summed E-state index contributed by atoms with van der Waals surface area (Å²) >= 11 is 0. The summed E-state index contributed by atoms with van der Waals surface area (Å²) in [6.07, 6.45) is 0. The van der Waals surface area contributed by atoms with Crippen molar-refractivity contribution in [3.8, 4) is 0 Å². The number of piperazine rings is 1. The van der Waals surface area contributed by atoms with Crippen molar-refractivity contribution in [3.05, 3.63) is 0 Å². The van der Waals surface area contributed by atoms with Gasteiger partial charge in [-0.1, -0.05) is 33.9 Å². The van der Waals surface area contributed by atoms with Gasteiger partial charge in [-0.15, -0.1) is 0 Å². The topological polar surface area (TPSA) is 15.3 Å². The molecular formula is C11H26N2Si. The summed E-state index contributed by atoms with van der Waals surface area (Å²) in [4.78, 5) is 0. The molecule has 0 aromatic carbocycles. The van der Waals surface area contributed by atoms with Crippen molar-refractivity contribution < 1.29 is 0 Å². The molecule has 0 unspecified atom stereocenters. The quantitative estimate of drug-likeness (QED) is 0.709. The van der Waals surface area contributed by atoms with Crippen LogP contribution in [0.4, 0.5) is 0 Å². The van der Waals surface area contributed by atoms with Crippen molar-refractivity contribution >= 4 is 8.24 Å². The van der Waals surface area contributed by atoms with Crippen molar-refractivity contribution in [2.75, 3.05) is 26.2 Å². The van der Waals surface area contributed by atoms with E-state index in [1.807, 2.05) is 0 Å². The van der Waals surface area contributed by atoms with E-state index in [9.17, 15) is 0 Å². The second kappa shape index (κ2) is 4.33. The first-order valence-corrected chi connectivity index (χ1v) is 8.92. The molecule has 2 nitrogen and oxygen atoms in total. The summed E-state index contributed by atoms with van der Waals surface area (Å²) in [5, 5.41) is 3.43. The van der Waals surface area contributed by atoms with E-state index in [0.29, 0.717) is 5.41 Å². The lowest BCUT2D eigenvalue weighted by Gasteiger charge is -2.42. The van der Waals surface area contributed by atoms with Crippen LogP contribution in [0.5, 0.6) is 0 Å². The fraction of sp³-hybridized carbons (Fsp3) is 1.00. The van der Waals surface area contributed by atoms with Crippen molar-refractivity contribution in [1.82, 2.24) is 9.88 Å². The molecule has 1 aliphatic heterocycles. The fourth-order valence-corrected chi connectivity index (χ4v) is 6.93. The highest BCUT2D eigenvalue weighted by Gasteiger charge is 2.34. The zero-order valence-corrected chi connectivity index (χ0v) is 11.5. The average Bonchev–Trinajstić information content (AvgIpc) is 2.01. The van der Waals surface area contributed by atoms with Crippen LogP contribution in [0.1, 0.15) is 20.8 Å². The Kier molecular flexibility index (Phi) is 3.78. The first-order chi connectivity index (χ1) is 6.31. The molecule has 0 aromatic rings. The minimum Gasteiger partial charge on any atom is -0.321 e. The van der Waals surface area contributed by atoms with E-state index in [4.69, 9.17) is 0 Å². The van der Waals surface area contributed by atoms with Crippen LogP contribution in [0, 0.1) is 5.41 Å². The van der Waals surface area contributed by atoms with Crippen LogP contribution in [0.25, 0.3) is 0 Å². The number of nitrogens with zero attached hydrogens (tertiary/aromatic N) is 1. The van der Waals surface area contributed by atoms with Gasteiger partial charge in [0.15, 0.2) is 0 Å². The highest BCUT2D eigenvalue weighted by molar-refractivity contribution is 6.74. The van der Waals surface area contributed by atoms with Gasteiger partial charge in [0, 0.05) is 26.2 Å². The summed E-state index contributed by atoms with van der Waals surface area (Å²) in [6.45, 7) is 17.0. The molecule has 0 atom stereocenters. The van der Waals surface area contributed by atoms with Gasteiger partial charge in [-0.2, -0.15) is 0 Å². The number of nitrogens with one attached hydrogen (secondary N) is 1. The van der Waals surface area contributed by atoms with Crippen LogP contribution < -0.4 is 5.32 Å². The lowest BCUT2D eigenvalue weighted by Crippen LogP contribution is -2.57. The summed E-state index contributed by atoms with van der Waals surface area (Å²) in [5.41, 5.74) is 0.487. The molecule has 1 fully saturated rings. The van der Waals surface area contributed by atoms with Gasteiger partial charge in [-0.25, -0.2) is 0 Å². The maximum absolute atomic E-state index is 3.43. The van der Waals surface area contributed by atoms with E-state index in [2.05, 4.69) is 43.7 Å². The summed E-state index contributed by atoms with van der Waals surface area (Å²) < 4.78 is 2.76. The molecule has 0 spiro atoms. The molecule has 1 N–H and O–H groups in total. The van der Waals surface area contributed by atoms with Crippen LogP contribution >= 0.6 is 0 Å². The van der Waals surface area contributed by atoms with Crippen LogP contribution in [-0.2, 0) is 0 Å². The number of hydrogen-bond donors (Lipinski definition) is 1. The van der Waals surface area contributed by atoms with Crippen molar-refractivity contribution in [2.45, 2.75) is 39.9 Å². The molecule has 3 heteroatoms. The van der Waals surface area contributed by atoms with Gasteiger partial charge >= 0.3 is 0 Å². The third-order valence-corrected chi connectivity index (χ3v) is 7.02. The van der Waals surface area contributed by atoms with Crippen molar-refractivity contribution in [1.29, 1.82) is 0 Å².